The smallest absolute Gasteiger partial charge is 0.251 e. The second-order valence-electron chi connectivity index (χ2n) is 4.51. The van der Waals surface area contributed by atoms with Crippen molar-refractivity contribution in [2.75, 3.05) is 0 Å². The van der Waals surface area contributed by atoms with Crippen molar-refractivity contribution >= 4 is 5.91 Å². The maximum absolute atomic E-state index is 12.0. The van der Waals surface area contributed by atoms with Crippen LogP contribution in [-0.4, -0.2) is 5.91 Å². The van der Waals surface area contributed by atoms with Gasteiger partial charge in [0.05, 0.1) is 6.04 Å². The summed E-state index contributed by atoms with van der Waals surface area (Å²) >= 11 is 0. The van der Waals surface area contributed by atoms with Crippen molar-refractivity contribution < 1.29 is 9.21 Å². The quantitative estimate of drug-likeness (QED) is 0.897. The second-order valence-corrected chi connectivity index (χ2v) is 4.51. The van der Waals surface area contributed by atoms with Gasteiger partial charge in [-0.3, -0.25) is 4.79 Å². The molecule has 1 atom stereocenters. The number of nitrogens with one attached hydrogen (secondary N) is 1. The number of carbonyl (C=O) groups is 1. The fraction of sp³-hybridized carbons (Fsp3) is 0.267. The van der Waals surface area contributed by atoms with Crippen LogP contribution in [0.1, 0.15) is 40.4 Å². The topological polar surface area (TPSA) is 42.2 Å². The van der Waals surface area contributed by atoms with Gasteiger partial charge in [0.1, 0.15) is 11.5 Å². The average molecular weight is 243 g/mol. The fourth-order valence-electron chi connectivity index (χ4n) is 1.74. The molecule has 1 heterocycles. The Morgan fingerprint density at radius 3 is 2.33 bits per heavy atom. The molecule has 0 saturated carbocycles. The molecule has 0 aliphatic heterocycles. The highest BCUT2D eigenvalue weighted by Crippen LogP contribution is 2.16. The van der Waals surface area contributed by atoms with E-state index in [2.05, 4.69) is 5.32 Å². The summed E-state index contributed by atoms with van der Waals surface area (Å²) in [7, 11) is 0. The molecule has 1 unspecified atom stereocenters. The van der Waals surface area contributed by atoms with Gasteiger partial charge in [0.25, 0.3) is 5.91 Å². The number of aryl methyl sites for hydroxylation is 2. The maximum Gasteiger partial charge on any atom is 0.251 e. The summed E-state index contributed by atoms with van der Waals surface area (Å²) in [6.45, 7) is 5.79. The highest BCUT2D eigenvalue weighted by Gasteiger charge is 2.13. The molecule has 0 bridgehead atoms. The van der Waals surface area contributed by atoms with Gasteiger partial charge in [0.2, 0.25) is 0 Å². The highest BCUT2D eigenvalue weighted by atomic mass is 16.3. The van der Waals surface area contributed by atoms with Crippen LogP contribution in [0.2, 0.25) is 0 Å². The van der Waals surface area contributed by atoms with Gasteiger partial charge in [-0.15, -0.1) is 0 Å². The summed E-state index contributed by atoms with van der Waals surface area (Å²) in [5.74, 6) is 1.53. The van der Waals surface area contributed by atoms with E-state index in [1.165, 1.54) is 0 Å². The first kappa shape index (κ1) is 12.4. The van der Waals surface area contributed by atoms with Gasteiger partial charge in [-0.05, 0) is 45.0 Å². The zero-order chi connectivity index (χ0) is 13.1. The Balaban J connectivity index is 2.05. The molecule has 0 aliphatic rings. The molecule has 18 heavy (non-hydrogen) atoms. The minimum Gasteiger partial charge on any atom is -0.464 e. The first-order valence-corrected chi connectivity index (χ1v) is 6.00. The van der Waals surface area contributed by atoms with Crippen LogP contribution in [-0.2, 0) is 0 Å². The van der Waals surface area contributed by atoms with Crippen LogP contribution in [0, 0.1) is 13.8 Å². The normalized spacial score (nSPS) is 12.2. The predicted molar refractivity (Wildman–Crippen MR) is 70.5 cm³/mol. The Kier molecular flexibility index (Phi) is 3.51. The number of hydrogen-bond donors (Lipinski definition) is 1. The van der Waals surface area contributed by atoms with Crippen LogP contribution in [0.25, 0.3) is 0 Å². The SMILES string of the molecule is Cc1ccc(C(=O)NC(C)c2ccc(C)o2)cc1. The highest BCUT2D eigenvalue weighted by molar-refractivity contribution is 5.94. The van der Waals surface area contributed by atoms with Gasteiger partial charge >= 0.3 is 0 Å². The molecule has 0 radical (unpaired) electrons. The van der Waals surface area contributed by atoms with Crippen molar-refractivity contribution in [1.29, 1.82) is 0 Å². The summed E-state index contributed by atoms with van der Waals surface area (Å²) in [4.78, 5) is 12.0. The molecule has 0 fully saturated rings. The van der Waals surface area contributed by atoms with E-state index in [1.54, 1.807) is 0 Å². The summed E-state index contributed by atoms with van der Waals surface area (Å²) in [5.41, 5.74) is 1.80. The van der Waals surface area contributed by atoms with E-state index in [1.807, 2.05) is 57.2 Å². The van der Waals surface area contributed by atoms with E-state index < -0.39 is 0 Å². The standard InChI is InChI=1S/C15H17NO2/c1-10-4-7-13(8-5-10)15(17)16-12(3)14-9-6-11(2)18-14/h4-9,12H,1-3H3,(H,16,17). The van der Waals surface area contributed by atoms with Crippen LogP contribution < -0.4 is 5.32 Å². The number of furan rings is 1. The molecule has 1 aromatic heterocycles. The lowest BCUT2D eigenvalue weighted by Crippen LogP contribution is -2.26. The Bertz CT molecular complexity index is 540. The number of rotatable bonds is 3. The van der Waals surface area contributed by atoms with E-state index in [0.29, 0.717) is 5.56 Å². The third-order valence-electron chi connectivity index (χ3n) is 2.85. The molecule has 3 heteroatoms. The fourth-order valence-corrected chi connectivity index (χ4v) is 1.74. The monoisotopic (exact) mass is 243 g/mol. The lowest BCUT2D eigenvalue weighted by molar-refractivity contribution is 0.0935. The van der Waals surface area contributed by atoms with Crippen molar-refractivity contribution in [3.63, 3.8) is 0 Å². The van der Waals surface area contributed by atoms with Crippen LogP contribution >= 0.6 is 0 Å². The zero-order valence-electron chi connectivity index (χ0n) is 10.9. The molecule has 2 rings (SSSR count). The number of amides is 1. The summed E-state index contributed by atoms with van der Waals surface area (Å²) < 4.78 is 5.49. The molecule has 2 aromatic rings. The molecule has 1 aromatic carbocycles. The van der Waals surface area contributed by atoms with Gasteiger partial charge in [-0.2, -0.15) is 0 Å². The largest absolute Gasteiger partial charge is 0.464 e. The summed E-state index contributed by atoms with van der Waals surface area (Å²) in [5, 5.41) is 2.91. The predicted octanol–water partition coefficient (Wildman–Crippen LogP) is 3.39. The summed E-state index contributed by atoms with van der Waals surface area (Å²) in [6.07, 6.45) is 0. The molecule has 1 N–H and O–H groups in total. The first-order valence-electron chi connectivity index (χ1n) is 6.00. The van der Waals surface area contributed by atoms with Crippen molar-refractivity contribution in [3.05, 3.63) is 59.0 Å². The van der Waals surface area contributed by atoms with Crippen LogP contribution in [0.15, 0.2) is 40.8 Å². The van der Waals surface area contributed by atoms with Gasteiger partial charge in [0.15, 0.2) is 0 Å². The van der Waals surface area contributed by atoms with Crippen LogP contribution in [0.4, 0.5) is 0 Å². The number of hydrogen-bond acceptors (Lipinski definition) is 2. The van der Waals surface area contributed by atoms with Crippen molar-refractivity contribution in [3.8, 4) is 0 Å². The Morgan fingerprint density at radius 2 is 1.78 bits per heavy atom. The first-order chi connectivity index (χ1) is 8.56. The van der Waals surface area contributed by atoms with Gasteiger partial charge in [0, 0.05) is 5.56 Å². The maximum atomic E-state index is 12.0. The van der Waals surface area contributed by atoms with Gasteiger partial charge < -0.3 is 9.73 Å². The Morgan fingerprint density at radius 1 is 1.11 bits per heavy atom. The van der Waals surface area contributed by atoms with E-state index in [-0.39, 0.29) is 11.9 Å². The van der Waals surface area contributed by atoms with Crippen molar-refractivity contribution in [2.24, 2.45) is 0 Å². The molecule has 3 nitrogen and oxygen atoms in total. The lowest BCUT2D eigenvalue weighted by atomic mass is 10.1. The third kappa shape index (κ3) is 2.80. The molecular weight excluding hydrogens is 226 g/mol. The van der Waals surface area contributed by atoms with Gasteiger partial charge in [-0.25, -0.2) is 0 Å². The van der Waals surface area contributed by atoms with E-state index in [9.17, 15) is 4.79 Å². The molecule has 0 spiro atoms. The Labute approximate surface area is 107 Å². The Hall–Kier alpha value is -2.03. The average Bonchev–Trinajstić information content (AvgIpc) is 2.76. The van der Waals surface area contributed by atoms with E-state index >= 15 is 0 Å². The molecule has 0 aliphatic carbocycles. The van der Waals surface area contributed by atoms with Crippen LogP contribution in [0.5, 0.6) is 0 Å². The minimum atomic E-state index is -0.132. The molecule has 0 saturated heterocycles. The van der Waals surface area contributed by atoms with Gasteiger partial charge in [-0.1, -0.05) is 17.7 Å². The van der Waals surface area contributed by atoms with Crippen molar-refractivity contribution in [1.82, 2.24) is 5.32 Å². The van der Waals surface area contributed by atoms with Crippen LogP contribution in [0.3, 0.4) is 0 Å². The molecule has 94 valence electrons. The minimum absolute atomic E-state index is 0.0865. The van der Waals surface area contributed by atoms with E-state index in [4.69, 9.17) is 4.42 Å². The molecule has 1 amide bonds. The molecular formula is C15H17NO2. The summed E-state index contributed by atoms with van der Waals surface area (Å²) in [6, 6.07) is 11.1. The zero-order valence-corrected chi connectivity index (χ0v) is 10.9. The lowest BCUT2D eigenvalue weighted by Gasteiger charge is -2.11. The number of carbonyl (C=O) groups excluding carboxylic acids is 1. The van der Waals surface area contributed by atoms with E-state index in [0.717, 1.165) is 17.1 Å². The second kappa shape index (κ2) is 5.08. The van der Waals surface area contributed by atoms with Crippen molar-refractivity contribution in [2.45, 2.75) is 26.8 Å². The third-order valence-corrected chi connectivity index (χ3v) is 2.85. The number of benzene rings is 1.